The number of methoxy groups -OCH3 is 1. The number of nitrogens with zero attached hydrogens (tertiary/aromatic N) is 3. The number of hydrogen-bond donors (Lipinski definition) is 1. The summed E-state index contributed by atoms with van der Waals surface area (Å²) in [4.78, 5) is 4.47. The minimum Gasteiger partial charge on any atom is -0.383 e. The monoisotopic (exact) mass is 296 g/mol. The van der Waals surface area contributed by atoms with E-state index in [0.717, 1.165) is 57.9 Å². The lowest BCUT2D eigenvalue weighted by atomic mass is 9.78. The molecule has 1 fully saturated rings. The highest BCUT2D eigenvalue weighted by Gasteiger charge is 2.42. The van der Waals surface area contributed by atoms with Crippen molar-refractivity contribution in [1.29, 1.82) is 0 Å². The van der Waals surface area contributed by atoms with Crippen molar-refractivity contribution in [2.75, 3.05) is 33.4 Å². The SMILES string of the molecule is CCCn1ncnc1CC1(CNCCOC)CCOC1C. The molecule has 6 heteroatoms. The van der Waals surface area contributed by atoms with E-state index in [2.05, 4.69) is 29.2 Å². The molecule has 0 saturated carbocycles. The van der Waals surface area contributed by atoms with Gasteiger partial charge in [0, 0.05) is 45.2 Å². The summed E-state index contributed by atoms with van der Waals surface area (Å²) < 4.78 is 13.0. The van der Waals surface area contributed by atoms with E-state index in [0.29, 0.717) is 0 Å². The Hall–Kier alpha value is -0.980. The van der Waals surface area contributed by atoms with Crippen molar-refractivity contribution >= 4 is 0 Å². The van der Waals surface area contributed by atoms with E-state index in [1.54, 1.807) is 13.4 Å². The van der Waals surface area contributed by atoms with Crippen molar-refractivity contribution < 1.29 is 9.47 Å². The number of aromatic nitrogens is 3. The number of rotatable bonds is 9. The van der Waals surface area contributed by atoms with Gasteiger partial charge in [-0.25, -0.2) is 4.98 Å². The van der Waals surface area contributed by atoms with E-state index in [9.17, 15) is 0 Å². The van der Waals surface area contributed by atoms with Gasteiger partial charge in [0.25, 0.3) is 0 Å². The minimum absolute atomic E-state index is 0.103. The summed E-state index contributed by atoms with van der Waals surface area (Å²) in [6.07, 6.45) is 4.94. The van der Waals surface area contributed by atoms with E-state index >= 15 is 0 Å². The molecule has 2 heterocycles. The summed E-state index contributed by atoms with van der Waals surface area (Å²) in [5.74, 6) is 1.07. The molecule has 1 aromatic heterocycles. The molecule has 2 unspecified atom stereocenters. The first-order chi connectivity index (χ1) is 10.2. The summed E-state index contributed by atoms with van der Waals surface area (Å²) in [7, 11) is 1.73. The first-order valence-electron chi connectivity index (χ1n) is 7.90. The van der Waals surface area contributed by atoms with Crippen LogP contribution in [0.4, 0.5) is 0 Å². The van der Waals surface area contributed by atoms with Crippen LogP contribution in [0, 0.1) is 5.41 Å². The molecule has 6 nitrogen and oxygen atoms in total. The molecule has 0 aromatic carbocycles. The van der Waals surface area contributed by atoms with Crippen LogP contribution in [0.15, 0.2) is 6.33 Å². The Morgan fingerprint density at radius 2 is 2.43 bits per heavy atom. The summed E-state index contributed by atoms with van der Waals surface area (Å²) in [5.41, 5.74) is 0.103. The van der Waals surface area contributed by atoms with Gasteiger partial charge in [0.15, 0.2) is 0 Å². The topological polar surface area (TPSA) is 61.2 Å². The van der Waals surface area contributed by atoms with Gasteiger partial charge in [-0.3, -0.25) is 4.68 Å². The summed E-state index contributed by atoms with van der Waals surface area (Å²) >= 11 is 0. The highest BCUT2D eigenvalue weighted by Crippen LogP contribution is 2.37. The van der Waals surface area contributed by atoms with Crippen molar-refractivity contribution in [3.63, 3.8) is 0 Å². The minimum atomic E-state index is 0.103. The van der Waals surface area contributed by atoms with Crippen LogP contribution in [-0.2, 0) is 22.4 Å². The molecule has 1 N–H and O–H groups in total. The Balaban J connectivity index is 2.03. The van der Waals surface area contributed by atoms with Gasteiger partial charge in [-0.05, 0) is 19.8 Å². The number of hydrogen-bond acceptors (Lipinski definition) is 5. The van der Waals surface area contributed by atoms with Gasteiger partial charge in [-0.15, -0.1) is 0 Å². The summed E-state index contributed by atoms with van der Waals surface area (Å²) in [5, 5.41) is 7.84. The number of ether oxygens (including phenoxy) is 2. The van der Waals surface area contributed by atoms with Crippen LogP contribution in [0.1, 0.15) is 32.5 Å². The average Bonchev–Trinajstić information content (AvgIpc) is 3.05. The fraction of sp³-hybridized carbons (Fsp3) is 0.867. The van der Waals surface area contributed by atoms with Crippen molar-refractivity contribution in [2.45, 2.75) is 45.8 Å². The maximum Gasteiger partial charge on any atom is 0.138 e. The predicted octanol–water partition coefficient (Wildman–Crippen LogP) is 1.26. The molecule has 120 valence electrons. The largest absolute Gasteiger partial charge is 0.383 e. The van der Waals surface area contributed by atoms with Gasteiger partial charge >= 0.3 is 0 Å². The first kappa shape index (κ1) is 16.4. The van der Waals surface area contributed by atoms with E-state index in [4.69, 9.17) is 9.47 Å². The molecular formula is C15H28N4O2. The molecule has 1 aliphatic heterocycles. The zero-order chi connectivity index (χ0) is 15.1. The third-order valence-electron chi connectivity index (χ3n) is 4.43. The fourth-order valence-corrected chi connectivity index (χ4v) is 3.00. The lowest BCUT2D eigenvalue weighted by molar-refractivity contribution is 0.0604. The highest BCUT2D eigenvalue weighted by molar-refractivity contribution is 5.00. The van der Waals surface area contributed by atoms with Crippen LogP contribution in [0.25, 0.3) is 0 Å². The fourth-order valence-electron chi connectivity index (χ4n) is 3.00. The summed E-state index contributed by atoms with van der Waals surface area (Å²) in [6.45, 7) is 8.62. The van der Waals surface area contributed by atoms with Crippen LogP contribution in [-0.4, -0.2) is 54.3 Å². The molecule has 0 amide bonds. The smallest absolute Gasteiger partial charge is 0.138 e. The second-order valence-electron chi connectivity index (χ2n) is 5.87. The molecule has 1 aliphatic rings. The van der Waals surface area contributed by atoms with Gasteiger partial charge in [-0.1, -0.05) is 6.92 Å². The molecular weight excluding hydrogens is 268 g/mol. The quantitative estimate of drug-likeness (QED) is 0.695. The number of nitrogens with one attached hydrogen (secondary N) is 1. The van der Waals surface area contributed by atoms with Crippen LogP contribution in [0.5, 0.6) is 0 Å². The van der Waals surface area contributed by atoms with Crippen LogP contribution < -0.4 is 5.32 Å². The van der Waals surface area contributed by atoms with Gasteiger partial charge in [0.1, 0.15) is 12.2 Å². The molecule has 1 saturated heterocycles. The van der Waals surface area contributed by atoms with Crippen molar-refractivity contribution in [1.82, 2.24) is 20.1 Å². The lowest BCUT2D eigenvalue weighted by Crippen LogP contribution is -2.42. The number of aryl methyl sites for hydroxylation is 1. The lowest BCUT2D eigenvalue weighted by Gasteiger charge is -2.32. The van der Waals surface area contributed by atoms with Gasteiger partial charge < -0.3 is 14.8 Å². The van der Waals surface area contributed by atoms with Crippen molar-refractivity contribution in [2.24, 2.45) is 5.41 Å². The average molecular weight is 296 g/mol. The standard InChI is InChI=1S/C15H28N4O2/c1-4-7-19-14(17-12-18-19)10-15(5-8-21-13(15)2)11-16-6-9-20-3/h12-13,16H,4-11H2,1-3H3. The van der Waals surface area contributed by atoms with E-state index in [1.165, 1.54) is 0 Å². The molecule has 0 aliphatic carbocycles. The third kappa shape index (κ3) is 4.02. The van der Waals surface area contributed by atoms with E-state index in [-0.39, 0.29) is 11.5 Å². The Bertz CT molecular complexity index is 424. The normalized spacial score (nSPS) is 25.6. The summed E-state index contributed by atoms with van der Waals surface area (Å²) in [6, 6.07) is 0. The maximum atomic E-state index is 5.85. The molecule has 2 rings (SSSR count). The maximum absolute atomic E-state index is 5.85. The van der Waals surface area contributed by atoms with Gasteiger partial charge in [0.05, 0.1) is 12.7 Å². The van der Waals surface area contributed by atoms with Gasteiger partial charge in [0.2, 0.25) is 0 Å². The Kier molecular flexibility index (Phi) is 6.14. The van der Waals surface area contributed by atoms with Crippen molar-refractivity contribution in [3.05, 3.63) is 12.2 Å². The molecule has 2 atom stereocenters. The highest BCUT2D eigenvalue weighted by atomic mass is 16.5. The Morgan fingerprint density at radius 1 is 1.57 bits per heavy atom. The van der Waals surface area contributed by atoms with E-state index in [1.807, 2.05) is 4.68 Å². The Labute approximate surface area is 127 Å². The second-order valence-corrected chi connectivity index (χ2v) is 5.87. The molecule has 0 radical (unpaired) electrons. The van der Waals surface area contributed by atoms with Crippen LogP contribution in [0.3, 0.4) is 0 Å². The van der Waals surface area contributed by atoms with E-state index < -0.39 is 0 Å². The van der Waals surface area contributed by atoms with Crippen LogP contribution >= 0.6 is 0 Å². The predicted molar refractivity (Wildman–Crippen MR) is 81.2 cm³/mol. The zero-order valence-corrected chi connectivity index (χ0v) is 13.5. The van der Waals surface area contributed by atoms with Crippen LogP contribution in [0.2, 0.25) is 0 Å². The second kappa shape index (κ2) is 7.87. The Morgan fingerprint density at radius 3 is 3.10 bits per heavy atom. The van der Waals surface area contributed by atoms with Gasteiger partial charge in [-0.2, -0.15) is 5.10 Å². The van der Waals surface area contributed by atoms with Crippen molar-refractivity contribution in [3.8, 4) is 0 Å². The molecule has 0 bridgehead atoms. The molecule has 21 heavy (non-hydrogen) atoms. The third-order valence-corrected chi connectivity index (χ3v) is 4.43. The molecule has 1 aromatic rings. The zero-order valence-electron chi connectivity index (χ0n) is 13.5. The molecule has 0 spiro atoms. The first-order valence-corrected chi connectivity index (χ1v) is 7.90.